The van der Waals surface area contributed by atoms with Gasteiger partial charge in [0.15, 0.2) is 9.84 Å². The van der Waals surface area contributed by atoms with Crippen LogP contribution in [0.4, 0.5) is 0 Å². The summed E-state index contributed by atoms with van der Waals surface area (Å²) in [6.07, 6.45) is 4.49. The highest BCUT2D eigenvalue weighted by molar-refractivity contribution is 7.91. The summed E-state index contributed by atoms with van der Waals surface area (Å²) in [4.78, 5) is 0. The van der Waals surface area contributed by atoms with E-state index in [-0.39, 0.29) is 11.5 Å². The van der Waals surface area contributed by atoms with Crippen LogP contribution in [0.25, 0.3) is 0 Å². The predicted octanol–water partition coefficient (Wildman–Crippen LogP) is 0.878. The first-order valence-corrected chi connectivity index (χ1v) is 8.29. The van der Waals surface area contributed by atoms with Gasteiger partial charge in [0.1, 0.15) is 0 Å². The van der Waals surface area contributed by atoms with Crippen molar-refractivity contribution in [2.45, 2.75) is 45.8 Å². The van der Waals surface area contributed by atoms with Gasteiger partial charge in [0.2, 0.25) is 0 Å². The Bertz CT molecular complexity index is 503. The third kappa shape index (κ3) is 3.81. The van der Waals surface area contributed by atoms with Crippen LogP contribution in [0.15, 0.2) is 6.20 Å². The van der Waals surface area contributed by atoms with Gasteiger partial charge in [-0.05, 0) is 19.8 Å². The lowest BCUT2D eigenvalue weighted by Gasteiger charge is -2.01. The Balaban J connectivity index is 1.90. The zero-order valence-electron chi connectivity index (χ0n) is 11.0. The van der Waals surface area contributed by atoms with Crippen LogP contribution in [0.3, 0.4) is 0 Å². The predicted molar refractivity (Wildman–Crippen MR) is 71.2 cm³/mol. The molecule has 1 N–H and O–H groups in total. The summed E-state index contributed by atoms with van der Waals surface area (Å²) in [7, 11) is -2.91. The van der Waals surface area contributed by atoms with Crippen LogP contribution in [0.2, 0.25) is 0 Å². The Kier molecular flexibility index (Phi) is 4.07. The molecular formula is C12H21N3O2S. The topological polar surface area (TPSA) is 64.0 Å². The molecule has 0 saturated heterocycles. The second-order valence-corrected chi connectivity index (χ2v) is 7.37. The Morgan fingerprint density at radius 2 is 2.22 bits per heavy atom. The van der Waals surface area contributed by atoms with Gasteiger partial charge >= 0.3 is 0 Å². The summed E-state index contributed by atoms with van der Waals surface area (Å²) in [6.45, 7) is 4.92. The number of aromatic nitrogens is 2. The molecule has 1 aliphatic rings. The van der Waals surface area contributed by atoms with Gasteiger partial charge in [-0.2, -0.15) is 5.10 Å². The molecule has 0 atom stereocenters. The molecule has 0 amide bonds. The molecular weight excluding hydrogens is 250 g/mol. The van der Waals surface area contributed by atoms with E-state index < -0.39 is 9.84 Å². The smallest absolute Gasteiger partial charge is 0.151 e. The Hall–Kier alpha value is -0.880. The van der Waals surface area contributed by atoms with Crippen LogP contribution in [0, 0.1) is 6.92 Å². The van der Waals surface area contributed by atoms with Crippen LogP contribution in [-0.2, 0) is 22.9 Å². The highest BCUT2D eigenvalue weighted by Crippen LogP contribution is 2.19. The summed E-state index contributed by atoms with van der Waals surface area (Å²) in [6, 6.07) is 0.674. The van der Waals surface area contributed by atoms with Crippen molar-refractivity contribution in [1.82, 2.24) is 15.1 Å². The van der Waals surface area contributed by atoms with Crippen molar-refractivity contribution in [2.75, 3.05) is 11.5 Å². The first-order chi connectivity index (χ1) is 8.50. The quantitative estimate of drug-likeness (QED) is 0.799. The number of sulfone groups is 1. The fraction of sp³-hybridized carbons (Fsp3) is 0.750. The highest BCUT2D eigenvalue weighted by Gasteiger charge is 2.20. The number of hydrogen-bond acceptors (Lipinski definition) is 4. The molecule has 0 aliphatic heterocycles. The average molecular weight is 271 g/mol. The Labute approximate surface area is 108 Å². The third-order valence-electron chi connectivity index (χ3n) is 3.28. The van der Waals surface area contributed by atoms with E-state index in [0.29, 0.717) is 12.6 Å². The number of nitrogens with one attached hydrogen (secondary N) is 1. The monoisotopic (exact) mass is 271 g/mol. The number of rotatable bonds is 7. The van der Waals surface area contributed by atoms with Crippen molar-refractivity contribution in [3.8, 4) is 0 Å². The molecule has 1 aromatic rings. The van der Waals surface area contributed by atoms with E-state index in [1.54, 1.807) is 11.6 Å². The van der Waals surface area contributed by atoms with E-state index in [4.69, 9.17) is 0 Å². The molecule has 18 heavy (non-hydrogen) atoms. The zero-order chi connectivity index (χ0) is 13.2. The first kappa shape index (κ1) is 13.5. The molecule has 0 spiro atoms. The molecule has 0 bridgehead atoms. The Morgan fingerprint density at radius 1 is 1.50 bits per heavy atom. The first-order valence-electron chi connectivity index (χ1n) is 6.47. The van der Waals surface area contributed by atoms with Crippen LogP contribution in [0.5, 0.6) is 0 Å². The maximum absolute atomic E-state index is 11.4. The minimum atomic E-state index is -2.91. The standard InChI is InChI=1S/C12H21N3O2S/c1-3-18(16,17)7-6-15-9-11(10(2)14-15)8-13-12-4-5-12/h9,12-13H,3-8H2,1-2H3. The molecule has 102 valence electrons. The van der Waals surface area contributed by atoms with Gasteiger partial charge in [0, 0.05) is 30.1 Å². The van der Waals surface area contributed by atoms with Crippen LogP contribution >= 0.6 is 0 Å². The highest BCUT2D eigenvalue weighted by atomic mass is 32.2. The lowest BCUT2D eigenvalue weighted by molar-refractivity contribution is 0.580. The molecule has 6 heteroatoms. The Morgan fingerprint density at radius 3 is 2.83 bits per heavy atom. The van der Waals surface area contributed by atoms with Crippen LogP contribution < -0.4 is 5.32 Å². The van der Waals surface area contributed by atoms with E-state index in [1.165, 1.54) is 12.8 Å². The molecule has 0 unspecified atom stereocenters. The molecule has 1 aliphatic carbocycles. The van der Waals surface area contributed by atoms with Crippen molar-refractivity contribution in [2.24, 2.45) is 0 Å². The van der Waals surface area contributed by atoms with E-state index >= 15 is 0 Å². The third-order valence-corrected chi connectivity index (χ3v) is 4.96. The lowest BCUT2D eigenvalue weighted by atomic mass is 10.2. The van der Waals surface area contributed by atoms with Gasteiger partial charge in [-0.25, -0.2) is 8.42 Å². The summed E-state index contributed by atoms with van der Waals surface area (Å²) >= 11 is 0. The molecule has 1 saturated carbocycles. The molecule has 2 rings (SSSR count). The van der Waals surface area contributed by atoms with E-state index in [2.05, 4.69) is 10.4 Å². The van der Waals surface area contributed by atoms with Crippen molar-refractivity contribution >= 4 is 9.84 Å². The normalized spacial score (nSPS) is 16.1. The largest absolute Gasteiger partial charge is 0.310 e. The van der Waals surface area contributed by atoms with Crippen molar-refractivity contribution in [3.63, 3.8) is 0 Å². The van der Waals surface area contributed by atoms with Gasteiger partial charge in [0.05, 0.1) is 18.0 Å². The van der Waals surface area contributed by atoms with Crippen LogP contribution in [-0.4, -0.2) is 35.7 Å². The second kappa shape index (κ2) is 5.40. The lowest BCUT2D eigenvalue weighted by Crippen LogP contribution is -2.16. The maximum Gasteiger partial charge on any atom is 0.151 e. The molecule has 5 nitrogen and oxygen atoms in total. The molecule has 1 heterocycles. The SMILES string of the molecule is CCS(=O)(=O)CCn1cc(CNC2CC2)c(C)n1. The van der Waals surface area contributed by atoms with Gasteiger partial charge < -0.3 is 5.32 Å². The van der Waals surface area contributed by atoms with Gasteiger partial charge in [-0.3, -0.25) is 4.68 Å². The molecule has 1 fully saturated rings. The second-order valence-electron chi connectivity index (χ2n) is 4.89. The summed E-state index contributed by atoms with van der Waals surface area (Å²) in [5.41, 5.74) is 2.15. The number of aryl methyl sites for hydroxylation is 2. The fourth-order valence-corrected chi connectivity index (χ4v) is 2.52. The number of hydrogen-bond donors (Lipinski definition) is 1. The maximum atomic E-state index is 11.4. The van der Waals surface area contributed by atoms with Crippen LogP contribution in [0.1, 0.15) is 31.0 Å². The minimum absolute atomic E-state index is 0.167. The van der Waals surface area contributed by atoms with Gasteiger partial charge in [0.25, 0.3) is 0 Å². The summed E-state index contributed by atoms with van der Waals surface area (Å²) in [5.74, 6) is 0.365. The molecule has 0 radical (unpaired) electrons. The average Bonchev–Trinajstić information content (AvgIpc) is 3.09. The van der Waals surface area contributed by atoms with Crippen molar-refractivity contribution < 1.29 is 8.42 Å². The number of nitrogens with zero attached hydrogens (tertiary/aromatic N) is 2. The van der Waals surface area contributed by atoms with Crippen molar-refractivity contribution in [1.29, 1.82) is 0 Å². The minimum Gasteiger partial charge on any atom is -0.310 e. The fourth-order valence-electron chi connectivity index (χ4n) is 1.77. The molecule has 1 aromatic heterocycles. The summed E-state index contributed by atoms with van der Waals surface area (Å²) in [5, 5.41) is 7.80. The van der Waals surface area contributed by atoms with E-state index in [0.717, 1.165) is 17.8 Å². The zero-order valence-corrected chi connectivity index (χ0v) is 11.8. The summed E-state index contributed by atoms with van der Waals surface area (Å²) < 4.78 is 24.6. The van der Waals surface area contributed by atoms with Gasteiger partial charge in [-0.1, -0.05) is 6.92 Å². The van der Waals surface area contributed by atoms with Gasteiger partial charge in [-0.15, -0.1) is 0 Å². The van der Waals surface area contributed by atoms with E-state index in [1.807, 2.05) is 13.1 Å². The van der Waals surface area contributed by atoms with Crippen molar-refractivity contribution in [3.05, 3.63) is 17.5 Å². The molecule has 0 aromatic carbocycles. The van der Waals surface area contributed by atoms with E-state index in [9.17, 15) is 8.42 Å².